The van der Waals surface area contributed by atoms with Gasteiger partial charge in [0.2, 0.25) is 5.91 Å². The molecule has 1 fully saturated rings. The standard InChI is InChI=1S/C24H35NO3/c25-23(26)19-13-7-11-17-21-22(28-24(21)27)18-12-5-3-1-2-4-8-14-20-15-9-6-10-16-20/h6,9-10,15-17,22H,1-5,7-8,11-14,18-19H2,(H2,25,26)/b21-17-. The molecule has 28 heavy (non-hydrogen) atoms. The van der Waals surface area contributed by atoms with Crippen molar-refractivity contribution in [3.63, 3.8) is 0 Å². The highest BCUT2D eigenvalue weighted by atomic mass is 16.6. The number of unbranched alkanes of at least 4 members (excludes halogenated alkanes) is 8. The fourth-order valence-electron chi connectivity index (χ4n) is 3.65. The second-order valence-corrected chi connectivity index (χ2v) is 7.76. The number of primary amides is 1. The van der Waals surface area contributed by atoms with Crippen LogP contribution in [0.15, 0.2) is 42.0 Å². The molecule has 1 aromatic carbocycles. The van der Waals surface area contributed by atoms with E-state index in [0.29, 0.717) is 6.42 Å². The molecule has 0 aliphatic carbocycles. The Balaban J connectivity index is 1.44. The number of benzene rings is 1. The minimum atomic E-state index is -0.259. The Morgan fingerprint density at radius 3 is 2.29 bits per heavy atom. The Labute approximate surface area is 169 Å². The highest BCUT2D eigenvalue weighted by Gasteiger charge is 2.34. The summed E-state index contributed by atoms with van der Waals surface area (Å²) < 4.78 is 5.27. The highest BCUT2D eigenvalue weighted by molar-refractivity contribution is 5.95. The van der Waals surface area contributed by atoms with Gasteiger partial charge in [0.25, 0.3) is 0 Å². The lowest BCUT2D eigenvalue weighted by molar-refractivity contribution is -0.156. The molecule has 4 nitrogen and oxygen atoms in total. The third-order valence-electron chi connectivity index (χ3n) is 5.35. The van der Waals surface area contributed by atoms with Gasteiger partial charge in [-0.15, -0.1) is 0 Å². The van der Waals surface area contributed by atoms with Gasteiger partial charge < -0.3 is 10.5 Å². The lowest BCUT2D eigenvalue weighted by Crippen LogP contribution is -2.36. The number of hydrogen-bond donors (Lipinski definition) is 1. The van der Waals surface area contributed by atoms with E-state index in [0.717, 1.165) is 37.7 Å². The van der Waals surface area contributed by atoms with Gasteiger partial charge in [-0.25, -0.2) is 4.79 Å². The number of rotatable bonds is 15. The Morgan fingerprint density at radius 1 is 0.929 bits per heavy atom. The van der Waals surface area contributed by atoms with E-state index in [2.05, 4.69) is 30.3 Å². The van der Waals surface area contributed by atoms with Crippen molar-refractivity contribution >= 4 is 11.9 Å². The molecular formula is C24H35NO3. The number of amides is 1. The third kappa shape index (κ3) is 8.73. The Bertz CT molecular complexity index is 624. The van der Waals surface area contributed by atoms with Gasteiger partial charge in [-0.3, -0.25) is 4.79 Å². The van der Waals surface area contributed by atoms with E-state index in [9.17, 15) is 9.59 Å². The van der Waals surface area contributed by atoms with Crippen LogP contribution in [0.25, 0.3) is 0 Å². The van der Waals surface area contributed by atoms with Crippen molar-refractivity contribution in [2.75, 3.05) is 0 Å². The molecule has 1 unspecified atom stereocenters. The molecule has 4 heteroatoms. The Hall–Kier alpha value is -2.10. The van der Waals surface area contributed by atoms with Gasteiger partial charge in [0.1, 0.15) is 6.10 Å². The van der Waals surface area contributed by atoms with Crippen LogP contribution in [0.2, 0.25) is 0 Å². The summed E-state index contributed by atoms with van der Waals surface area (Å²) in [5, 5.41) is 0. The zero-order chi connectivity index (χ0) is 20.0. The summed E-state index contributed by atoms with van der Waals surface area (Å²) >= 11 is 0. The van der Waals surface area contributed by atoms with Gasteiger partial charge >= 0.3 is 5.97 Å². The molecule has 1 heterocycles. The molecule has 0 bridgehead atoms. The normalized spacial score (nSPS) is 17.4. The summed E-state index contributed by atoms with van der Waals surface area (Å²) in [5.74, 6) is -0.428. The first-order valence-electron chi connectivity index (χ1n) is 10.9. The maximum absolute atomic E-state index is 11.6. The van der Waals surface area contributed by atoms with Crippen LogP contribution in [0.5, 0.6) is 0 Å². The van der Waals surface area contributed by atoms with Crippen LogP contribution in [-0.2, 0) is 20.7 Å². The third-order valence-corrected chi connectivity index (χ3v) is 5.35. The number of esters is 1. The van der Waals surface area contributed by atoms with E-state index < -0.39 is 0 Å². The molecule has 154 valence electrons. The number of carbonyl (C=O) groups excluding carboxylic acids is 2. The number of carbonyl (C=O) groups is 2. The van der Waals surface area contributed by atoms with E-state index in [-0.39, 0.29) is 18.0 Å². The van der Waals surface area contributed by atoms with Gasteiger partial charge in [-0.1, -0.05) is 68.5 Å². The molecule has 0 saturated carbocycles. The fraction of sp³-hybridized carbons (Fsp3) is 0.583. The molecule has 0 aromatic heterocycles. The van der Waals surface area contributed by atoms with Crippen molar-refractivity contribution in [1.29, 1.82) is 0 Å². The molecule has 1 amide bonds. The lowest BCUT2D eigenvalue weighted by Gasteiger charge is -2.29. The van der Waals surface area contributed by atoms with Gasteiger partial charge in [0, 0.05) is 6.42 Å². The van der Waals surface area contributed by atoms with Gasteiger partial charge in [0.15, 0.2) is 0 Å². The number of cyclic esters (lactones) is 1. The molecular weight excluding hydrogens is 350 g/mol. The number of aryl methyl sites for hydroxylation is 1. The van der Waals surface area contributed by atoms with Crippen LogP contribution in [0, 0.1) is 0 Å². The molecule has 1 aliphatic rings. The van der Waals surface area contributed by atoms with Crippen LogP contribution < -0.4 is 5.73 Å². The maximum Gasteiger partial charge on any atom is 0.338 e. The summed E-state index contributed by atoms with van der Waals surface area (Å²) in [6, 6.07) is 10.7. The maximum atomic E-state index is 11.6. The lowest BCUT2D eigenvalue weighted by atomic mass is 9.96. The van der Waals surface area contributed by atoms with Crippen molar-refractivity contribution in [1.82, 2.24) is 0 Å². The summed E-state index contributed by atoms with van der Waals surface area (Å²) in [6.45, 7) is 0. The number of nitrogens with two attached hydrogens (primary N) is 1. The van der Waals surface area contributed by atoms with E-state index in [1.165, 1.54) is 50.5 Å². The molecule has 1 aliphatic heterocycles. The van der Waals surface area contributed by atoms with Gasteiger partial charge in [0.05, 0.1) is 5.57 Å². The first kappa shape index (κ1) is 22.2. The SMILES string of the molecule is NC(=O)CCCC/C=C1\C(=O)OC1CCCCCCCCCc1ccccc1. The van der Waals surface area contributed by atoms with Gasteiger partial charge in [-0.05, 0) is 50.5 Å². The van der Waals surface area contributed by atoms with E-state index in [4.69, 9.17) is 10.5 Å². The van der Waals surface area contributed by atoms with E-state index in [1.807, 2.05) is 6.08 Å². The average Bonchev–Trinajstić information content (AvgIpc) is 2.69. The van der Waals surface area contributed by atoms with Crippen LogP contribution in [0.1, 0.15) is 82.6 Å². The van der Waals surface area contributed by atoms with Crippen molar-refractivity contribution in [2.24, 2.45) is 5.73 Å². The zero-order valence-electron chi connectivity index (χ0n) is 17.0. The second-order valence-electron chi connectivity index (χ2n) is 7.76. The molecule has 2 rings (SSSR count). The van der Waals surface area contributed by atoms with E-state index in [1.54, 1.807) is 0 Å². The Kier molecular flexibility index (Phi) is 10.4. The molecule has 0 radical (unpaired) electrons. The van der Waals surface area contributed by atoms with Crippen LogP contribution in [0.4, 0.5) is 0 Å². The molecule has 2 N–H and O–H groups in total. The van der Waals surface area contributed by atoms with Gasteiger partial charge in [-0.2, -0.15) is 0 Å². The van der Waals surface area contributed by atoms with Crippen molar-refractivity contribution in [2.45, 2.75) is 89.6 Å². The predicted octanol–water partition coefficient (Wildman–Crippen LogP) is 5.25. The molecule has 1 aromatic rings. The first-order chi connectivity index (χ1) is 13.7. The van der Waals surface area contributed by atoms with Crippen molar-refractivity contribution in [3.8, 4) is 0 Å². The monoisotopic (exact) mass is 385 g/mol. The fourth-order valence-corrected chi connectivity index (χ4v) is 3.65. The average molecular weight is 386 g/mol. The van der Waals surface area contributed by atoms with Crippen molar-refractivity contribution in [3.05, 3.63) is 47.5 Å². The van der Waals surface area contributed by atoms with Crippen molar-refractivity contribution < 1.29 is 14.3 Å². The number of allylic oxidation sites excluding steroid dienone is 1. The summed E-state index contributed by atoms with van der Waals surface area (Å²) in [4.78, 5) is 22.3. The topological polar surface area (TPSA) is 69.4 Å². The minimum Gasteiger partial charge on any atom is -0.454 e. The summed E-state index contributed by atoms with van der Waals surface area (Å²) in [7, 11) is 0. The number of ether oxygens (including phenoxy) is 1. The largest absolute Gasteiger partial charge is 0.454 e. The predicted molar refractivity (Wildman–Crippen MR) is 113 cm³/mol. The zero-order valence-corrected chi connectivity index (χ0v) is 17.0. The highest BCUT2D eigenvalue weighted by Crippen LogP contribution is 2.27. The second kappa shape index (κ2) is 13.1. The minimum absolute atomic E-state index is 0.00508. The van der Waals surface area contributed by atoms with Crippen LogP contribution in [-0.4, -0.2) is 18.0 Å². The number of hydrogen-bond acceptors (Lipinski definition) is 3. The molecule has 1 atom stereocenters. The summed E-state index contributed by atoms with van der Waals surface area (Å²) in [6.07, 6.45) is 15.8. The van der Waals surface area contributed by atoms with Crippen LogP contribution in [0.3, 0.4) is 0 Å². The first-order valence-corrected chi connectivity index (χ1v) is 10.9. The van der Waals surface area contributed by atoms with E-state index >= 15 is 0 Å². The Morgan fingerprint density at radius 2 is 1.61 bits per heavy atom. The summed E-state index contributed by atoms with van der Waals surface area (Å²) in [5.41, 5.74) is 7.40. The van der Waals surface area contributed by atoms with Crippen LogP contribution >= 0.6 is 0 Å². The smallest absolute Gasteiger partial charge is 0.338 e. The quantitative estimate of drug-likeness (QED) is 0.255. The molecule has 0 spiro atoms. The molecule has 1 saturated heterocycles.